The number of esters is 1. The molecule has 1 aliphatic rings. The predicted molar refractivity (Wildman–Crippen MR) is 61.1 cm³/mol. The van der Waals surface area contributed by atoms with Crippen molar-refractivity contribution in [1.29, 1.82) is 0 Å². The summed E-state index contributed by atoms with van der Waals surface area (Å²) in [6, 6.07) is 3.95. The summed E-state index contributed by atoms with van der Waals surface area (Å²) in [6.07, 6.45) is 4.62. The average molecular weight is 219 g/mol. The van der Waals surface area contributed by atoms with Gasteiger partial charge in [0.15, 0.2) is 0 Å². The monoisotopic (exact) mass is 219 g/mol. The van der Waals surface area contributed by atoms with Gasteiger partial charge in [-0.15, -0.1) is 0 Å². The van der Waals surface area contributed by atoms with Crippen LogP contribution in [0, 0.1) is 6.92 Å². The van der Waals surface area contributed by atoms with Crippen molar-refractivity contribution in [3.05, 3.63) is 29.6 Å². The fourth-order valence-corrected chi connectivity index (χ4v) is 2.12. The number of carbonyl (C=O) groups excluding carboxylic acids is 1. The number of aromatic nitrogens is 1. The molecule has 1 aromatic heterocycles. The van der Waals surface area contributed by atoms with Crippen molar-refractivity contribution >= 4 is 5.97 Å². The number of aryl methyl sites for hydroxylation is 1. The summed E-state index contributed by atoms with van der Waals surface area (Å²) < 4.78 is 5.15. The highest BCUT2D eigenvalue weighted by Crippen LogP contribution is 2.43. The Bertz CT molecular complexity index is 379. The van der Waals surface area contributed by atoms with Crippen LogP contribution in [0.1, 0.15) is 37.4 Å². The topological polar surface area (TPSA) is 39.2 Å². The van der Waals surface area contributed by atoms with Gasteiger partial charge < -0.3 is 4.74 Å². The summed E-state index contributed by atoms with van der Waals surface area (Å²) in [5, 5.41) is 0. The second-order valence-electron chi connectivity index (χ2n) is 4.38. The van der Waals surface area contributed by atoms with Crippen LogP contribution in [-0.4, -0.2) is 17.6 Å². The normalized spacial score (nSPS) is 17.6. The molecule has 0 unspecified atom stereocenters. The third-order valence-electron chi connectivity index (χ3n) is 3.27. The second kappa shape index (κ2) is 4.24. The molecule has 3 heteroatoms. The van der Waals surface area contributed by atoms with Crippen LogP contribution in [0.4, 0.5) is 0 Å². The van der Waals surface area contributed by atoms with Crippen LogP contribution < -0.4 is 0 Å². The van der Waals surface area contributed by atoms with E-state index in [9.17, 15) is 4.79 Å². The first kappa shape index (κ1) is 11.1. The highest BCUT2D eigenvalue weighted by atomic mass is 16.5. The summed E-state index contributed by atoms with van der Waals surface area (Å²) in [4.78, 5) is 16.3. The summed E-state index contributed by atoms with van der Waals surface area (Å²) >= 11 is 0. The Hall–Kier alpha value is -1.38. The van der Waals surface area contributed by atoms with Gasteiger partial charge in [0, 0.05) is 6.20 Å². The van der Waals surface area contributed by atoms with Crippen molar-refractivity contribution in [2.75, 3.05) is 6.61 Å². The number of nitrogens with zero attached hydrogens (tertiary/aromatic N) is 1. The molecule has 2 rings (SSSR count). The molecule has 1 aromatic rings. The van der Waals surface area contributed by atoms with Gasteiger partial charge in [-0.25, -0.2) is 0 Å². The smallest absolute Gasteiger partial charge is 0.318 e. The molecule has 0 saturated heterocycles. The highest BCUT2D eigenvalue weighted by molar-refractivity contribution is 5.83. The van der Waals surface area contributed by atoms with Gasteiger partial charge in [-0.05, 0) is 38.3 Å². The predicted octanol–water partition coefficient (Wildman–Crippen LogP) is 2.37. The maximum atomic E-state index is 12.0. The zero-order valence-electron chi connectivity index (χ0n) is 9.82. The summed E-state index contributed by atoms with van der Waals surface area (Å²) in [5.41, 5.74) is 1.52. The zero-order valence-corrected chi connectivity index (χ0v) is 9.82. The third-order valence-corrected chi connectivity index (χ3v) is 3.27. The zero-order chi connectivity index (χ0) is 11.6. The molecule has 0 atom stereocenters. The van der Waals surface area contributed by atoms with Crippen LogP contribution in [0.5, 0.6) is 0 Å². The van der Waals surface area contributed by atoms with Crippen LogP contribution in [0.25, 0.3) is 0 Å². The van der Waals surface area contributed by atoms with Crippen LogP contribution in [0.2, 0.25) is 0 Å². The number of carbonyl (C=O) groups is 1. The minimum atomic E-state index is -0.455. The number of pyridine rings is 1. The lowest BCUT2D eigenvalue weighted by atomic mass is 9.66. The van der Waals surface area contributed by atoms with E-state index in [2.05, 4.69) is 4.98 Å². The first-order valence-electron chi connectivity index (χ1n) is 5.79. The molecular weight excluding hydrogens is 202 g/mol. The molecule has 16 heavy (non-hydrogen) atoms. The van der Waals surface area contributed by atoms with Gasteiger partial charge in [0.25, 0.3) is 0 Å². The van der Waals surface area contributed by atoms with Crippen molar-refractivity contribution in [3.63, 3.8) is 0 Å². The summed E-state index contributed by atoms with van der Waals surface area (Å²) in [5.74, 6) is -0.113. The largest absolute Gasteiger partial charge is 0.465 e. The lowest BCUT2D eigenvalue weighted by Crippen LogP contribution is -2.44. The molecule has 0 radical (unpaired) electrons. The van der Waals surface area contributed by atoms with Crippen molar-refractivity contribution < 1.29 is 9.53 Å². The van der Waals surface area contributed by atoms with Gasteiger partial charge in [0.05, 0.1) is 12.3 Å². The third kappa shape index (κ3) is 1.70. The minimum absolute atomic E-state index is 0.113. The second-order valence-corrected chi connectivity index (χ2v) is 4.38. The Morgan fingerprint density at radius 2 is 2.25 bits per heavy atom. The van der Waals surface area contributed by atoms with Crippen molar-refractivity contribution in [3.8, 4) is 0 Å². The van der Waals surface area contributed by atoms with E-state index in [0.717, 1.165) is 30.5 Å². The van der Waals surface area contributed by atoms with Gasteiger partial charge in [0.2, 0.25) is 0 Å². The van der Waals surface area contributed by atoms with E-state index in [1.807, 2.05) is 32.2 Å². The Morgan fingerprint density at radius 1 is 1.50 bits per heavy atom. The van der Waals surface area contributed by atoms with Gasteiger partial charge >= 0.3 is 5.97 Å². The van der Waals surface area contributed by atoms with E-state index < -0.39 is 5.41 Å². The molecule has 86 valence electrons. The minimum Gasteiger partial charge on any atom is -0.465 e. The molecule has 0 N–H and O–H groups in total. The quantitative estimate of drug-likeness (QED) is 0.733. The van der Waals surface area contributed by atoms with Crippen LogP contribution >= 0.6 is 0 Å². The number of ether oxygens (including phenoxy) is 1. The van der Waals surface area contributed by atoms with Crippen molar-refractivity contribution in [1.82, 2.24) is 4.98 Å². The van der Waals surface area contributed by atoms with E-state index in [-0.39, 0.29) is 5.97 Å². The number of hydrogen-bond donors (Lipinski definition) is 0. The molecule has 1 saturated carbocycles. The van der Waals surface area contributed by atoms with Crippen LogP contribution in [-0.2, 0) is 14.9 Å². The Kier molecular flexibility index (Phi) is 2.95. The molecule has 1 heterocycles. The summed E-state index contributed by atoms with van der Waals surface area (Å²) in [6.45, 7) is 4.27. The van der Waals surface area contributed by atoms with E-state index >= 15 is 0 Å². The van der Waals surface area contributed by atoms with E-state index in [0.29, 0.717) is 6.61 Å². The van der Waals surface area contributed by atoms with Gasteiger partial charge in [-0.1, -0.05) is 12.5 Å². The van der Waals surface area contributed by atoms with E-state index in [1.165, 1.54) is 0 Å². The lowest BCUT2D eigenvalue weighted by molar-refractivity contribution is -0.154. The molecule has 0 aliphatic heterocycles. The van der Waals surface area contributed by atoms with Crippen LogP contribution in [0.3, 0.4) is 0 Å². The van der Waals surface area contributed by atoms with Crippen LogP contribution in [0.15, 0.2) is 18.3 Å². The fourth-order valence-electron chi connectivity index (χ4n) is 2.12. The average Bonchev–Trinajstić information content (AvgIpc) is 2.19. The standard InChI is InChI=1S/C13H17NO2/c1-3-16-12(15)13(7-4-8-13)11-6-5-10(2)9-14-11/h5-6,9H,3-4,7-8H2,1-2H3. The highest BCUT2D eigenvalue weighted by Gasteiger charge is 2.48. The van der Waals surface area contributed by atoms with E-state index in [4.69, 9.17) is 4.74 Å². The Balaban J connectivity index is 2.27. The SMILES string of the molecule is CCOC(=O)C1(c2ccc(C)cn2)CCC1. The number of rotatable bonds is 3. The Morgan fingerprint density at radius 3 is 2.69 bits per heavy atom. The number of hydrogen-bond acceptors (Lipinski definition) is 3. The maximum Gasteiger partial charge on any atom is 0.318 e. The van der Waals surface area contributed by atoms with Gasteiger partial charge in [-0.3, -0.25) is 9.78 Å². The van der Waals surface area contributed by atoms with Gasteiger partial charge in [0.1, 0.15) is 5.41 Å². The fraction of sp³-hybridized carbons (Fsp3) is 0.538. The molecule has 0 bridgehead atoms. The van der Waals surface area contributed by atoms with Crippen molar-refractivity contribution in [2.24, 2.45) is 0 Å². The molecule has 0 spiro atoms. The molecule has 1 aliphatic carbocycles. The molecule has 0 amide bonds. The van der Waals surface area contributed by atoms with E-state index in [1.54, 1.807) is 0 Å². The first-order valence-corrected chi connectivity index (χ1v) is 5.79. The molecule has 3 nitrogen and oxygen atoms in total. The van der Waals surface area contributed by atoms with Crippen molar-refractivity contribution in [2.45, 2.75) is 38.5 Å². The molecule has 1 fully saturated rings. The molecule has 0 aromatic carbocycles. The maximum absolute atomic E-state index is 12.0. The summed E-state index contributed by atoms with van der Waals surface area (Å²) in [7, 11) is 0. The lowest BCUT2D eigenvalue weighted by Gasteiger charge is -2.38. The van der Waals surface area contributed by atoms with Gasteiger partial charge in [-0.2, -0.15) is 0 Å². The first-order chi connectivity index (χ1) is 7.69. The molecular formula is C13H17NO2. The Labute approximate surface area is 95.8 Å².